The number of ether oxygens (including phenoxy) is 1. The van der Waals surface area contributed by atoms with E-state index in [0.717, 1.165) is 25.9 Å². The first-order valence-corrected chi connectivity index (χ1v) is 8.85. The van der Waals surface area contributed by atoms with Crippen molar-refractivity contribution in [2.45, 2.75) is 70.7 Å². The predicted molar refractivity (Wildman–Crippen MR) is 90.2 cm³/mol. The number of rotatable bonds is 3. The molecule has 2 fully saturated rings. The highest BCUT2D eigenvalue weighted by Gasteiger charge is 2.44. The summed E-state index contributed by atoms with van der Waals surface area (Å²) >= 11 is 0. The van der Waals surface area contributed by atoms with Crippen LogP contribution in [0.2, 0.25) is 0 Å². The topological polar surface area (TPSA) is 50.5 Å². The normalized spacial score (nSPS) is 33.3. The molecule has 0 radical (unpaired) electrons. The summed E-state index contributed by atoms with van der Waals surface area (Å²) in [6, 6.07) is 0.406. The third kappa shape index (κ3) is 3.62. The summed E-state index contributed by atoms with van der Waals surface area (Å²) in [5, 5.41) is 15.3. The van der Waals surface area contributed by atoms with Gasteiger partial charge in [-0.1, -0.05) is 0 Å². The lowest BCUT2D eigenvalue weighted by Crippen LogP contribution is -2.52. The van der Waals surface area contributed by atoms with Gasteiger partial charge in [-0.3, -0.25) is 9.58 Å². The van der Waals surface area contributed by atoms with E-state index in [4.69, 9.17) is 4.74 Å². The van der Waals surface area contributed by atoms with Crippen LogP contribution >= 0.6 is 0 Å². The maximum absolute atomic E-state index is 10.8. The lowest BCUT2D eigenvalue weighted by molar-refractivity contribution is -0.123. The minimum atomic E-state index is -0.610. The molecule has 0 aromatic carbocycles. The van der Waals surface area contributed by atoms with Crippen LogP contribution in [0.3, 0.4) is 0 Å². The monoisotopic (exact) mass is 321 g/mol. The average Bonchev–Trinajstić information content (AvgIpc) is 3.08. The van der Waals surface area contributed by atoms with Crippen molar-refractivity contribution >= 4 is 0 Å². The molecule has 3 heterocycles. The molecule has 1 aromatic rings. The van der Waals surface area contributed by atoms with Crippen molar-refractivity contribution in [3.63, 3.8) is 0 Å². The summed E-state index contributed by atoms with van der Waals surface area (Å²) < 4.78 is 7.71. The second-order valence-electron chi connectivity index (χ2n) is 8.43. The van der Waals surface area contributed by atoms with Gasteiger partial charge in [0.05, 0.1) is 23.9 Å². The van der Waals surface area contributed by atoms with E-state index < -0.39 is 5.60 Å². The summed E-state index contributed by atoms with van der Waals surface area (Å²) in [6.07, 6.45) is 7.23. The number of likely N-dealkylation sites (tertiary alicyclic amines) is 1. The summed E-state index contributed by atoms with van der Waals surface area (Å²) in [6.45, 7) is 11.8. The lowest BCUT2D eigenvalue weighted by Gasteiger charge is -2.43. The molecule has 2 aliphatic rings. The molecular formula is C18H31N3O2. The van der Waals surface area contributed by atoms with Gasteiger partial charge in [-0.05, 0) is 53.5 Å². The van der Waals surface area contributed by atoms with Gasteiger partial charge < -0.3 is 9.84 Å². The van der Waals surface area contributed by atoms with Crippen LogP contribution in [0.1, 0.15) is 52.5 Å². The Morgan fingerprint density at radius 2 is 2.22 bits per heavy atom. The zero-order valence-corrected chi connectivity index (χ0v) is 15.0. The van der Waals surface area contributed by atoms with E-state index in [1.165, 1.54) is 12.0 Å². The molecule has 0 spiro atoms. The fourth-order valence-electron chi connectivity index (χ4n) is 3.93. The molecule has 0 aliphatic carbocycles. The Balaban J connectivity index is 1.71. The molecule has 0 bridgehead atoms. The van der Waals surface area contributed by atoms with Crippen LogP contribution in [0.15, 0.2) is 12.4 Å². The Labute approximate surface area is 139 Å². The number of hydrogen-bond donors (Lipinski definition) is 1. The van der Waals surface area contributed by atoms with Crippen LogP contribution in [-0.2, 0) is 16.8 Å². The van der Waals surface area contributed by atoms with E-state index in [1.807, 2.05) is 17.8 Å². The summed E-state index contributed by atoms with van der Waals surface area (Å²) in [5.74, 6) is 0.205. The zero-order chi connectivity index (χ0) is 16.7. The molecule has 3 atom stereocenters. The van der Waals surface area contributed by atoms with E-state index in [2.05, 4.69) is 37.0 Å². The van der Waals surface area contributed by atoms with E-state index in [9.17, 15) is 5.11 Å². The Morgan fingerprint density at radius 1 is 1.43 bits per heavy atom. The zero-order valence-electron chi connectivity index (χ0n) is 15.0. The Bertz CT molecular complexity index is 533. The van der Waals surface area contributed by atoms with Gasteiger partial charge in [0.25, 0.3) is 0 Å². The van der Waals surface area contributed by atoms with Crippen molar-refractivity contribution in [3.8, 4) is 0 Å². The van der Waals surface area contributed by atoms with Gasteiger partial charge in [-0.25, -0.2) is 0 Å². The minimum Gasteiger partial charge on any atom is -0.390 e. The number of aliphatic hydroxyl groups is 1. The van der Waals surface area contributed by atoms with Gasteiger partial charge in [-0.15, -0.1) is 0 Å². The van der Waals surface area contributed by atoms with Crippen LogP contribution in [0.5, 0.6) is 0 Å². The van der Waals surface area contributed by atoms with Crippen LogP contribution < -0.4 is 0 Å². The molecule has 23 heavy (non-hydrogen) atoms. The third-order valence-electron chi connectivity index (χ3n) is 5.44. The van der Waals surface area contributed by atoms with Gasteiger partial charge >= 0.3 is 0 Å². The summed E-state index contributed by atoms with van der Waals surface area (Å²) in [4.78, 5) is 2.51. The third-order valence-corrected chi connectivity index (χ3v) is 5.44. The molecule has 0 amide bonds. The molecule has 0 saturated carbocycles. The highest BCUT2D eigenvalue weighted by atomic mass is 16.5. The highest BCUT2D eigenvalue weighted by molar-refractivity contribution is 5.07. The number of nitrogens with zero attached hydrogens (tertiary/aromatic N) is 3. The molecule has 2 saturated heterocycles. The van der Waals surface area contributed by atoms with Crippen molar-refractivity contribution in [2.75, 3.05) is 19.8 Å². The molecule has 5 heteroatoms. The predicted octanol–water partition coefficient (Wildman–Crippen LogP) is 2.39. The maximum Gasteiger partial charge on any atom is 0.0706 e. The fourth-order valence-corrected chi connectivity index (χ4v) is 3.93. The van der Waals surface area contributed by atoms with Crippen molar-refractivity contribution in [3.05, 3.63) is 18.0 Å². The van der Waals surface area contributed by atoms with E-state index in [1.54, 1.807) is 0 Å². The van der Waals surface area contributed by atoms with Crippen LogP contribution in [-0.4, -0.2) is 51.2 Å². The molecule has 2 aliphatic heterocycles. The molecule has 5 nitrogen and oxygen atoms in total. The molecule has 0 unspecified atom stereocenters. The van der Waals surface area contributed by atoms with Crippen LogP contribution in [0.4, 0.5) is 0 Å². The largest absolute Gasteiger partial charge is 0.390 e. The van der Waals surface area contributed by atoms with Gasteiger partial charge in [0.15, 0.2) is 0 Å². The van der Waals surface area contributed by atoms with Crippen molar-refractivity contribution in [1.29, 1.82) is 0 Å². The highest BCUT2D eigenvalue weighted by Crippen LogP contribution is 2.36. The Kier molecular flexibility index (Phi) is 4.55. The quantitative estimate of drug-likeness (QED) is 0.929. The van der Waals surface area contributed by atoms with Crippen LogP contribution in [0, 0.1) is 5.92 Å². The van der Waals surface area contributed by atoms with Crippen molar-refractivity contribution in [2.24, 2.45) is 5.92 Å². The van der Waals surface area contributed by atoms with Crippen molar-refractivity contribution in [1.82, 2.24) is 14.7 Å². The SMILES string of the molecule is CC(C)(C)n1cc(CN2CCC[C@@H]2[C@H]2COCC[C@]2(C)O)cn1. The Hall–Kier alpha value is -0.910. The maximum atomic E-state index is 10.8. The average molecular weight is 321 g/mol. The second-order valence-corrected chi connectivity index (χ2v) is 8.43. The molecule has 1 aromatic heterocycles. The van der Waals surface area contributed by atoms with E-state index in [0.29, 0.717) is 19.3 Å². The first kappa shape index (κ1) is 16.9. The van der Waals surface area contributed by atoms with Crippen molar-refractivity contribution < 1.29 is 9.84 Å². The minimum absolute atomic E-state index is 0.0174. The summed E-state index contributed by atoms with van der Waals surface area (Å²) in [5.41, 5.74) is 0.660. The summed E-state index contributed by atoms with van der Waals surface area (Å²) in [7, 11) is 0. The molecule has 1 N–H and O–H groups in total. The van der Waals surface area contributed by atoms with Gasteiger partial charge in [0, 0.05) is 36.9 Å². The van der Waals surface area contributed by atoms with Gasteiger partial charge in [0.2, 0.25) is 0 Å². The molecular weight excluding hydrogens is 290 g/mol. The van der Waals surface area contributed by atoms with Gasteiger partial charge in [0.1, 0.15) is 0 Å². The fraction of sp³-hybridized carbons (Fsp3) is 0.833. The first-order chi connectivity index (χ1) is 10.8. The molecule has 130 valence electrons. The standard InChI is InChI=1S/C18H31N3O2/c1-17(2,3)21-12-14(10-19-21)11-20-8-5-6-16(20)15-13-23-9-7-18(15,4)22/h10,12,15-16,22H,5-9,11,13H2,1-4H3/t15-,16-,18+/m1/s1. The van der Waals surface area contributed by atoms with Gasteiger partial charge in [-0.2, -0.15) is 5.10 Å². The smallest absolute Gasteiger partial charge is 0.0706 e. The first-order valence-electron chi connectivity index (χ1n) is 8.85. The number of hydrogen-bond acceptors (Lipinski definition) is 4. The van der Waals surface area contributed by atoms with Crippen LogP contribution in [0.25, 0.3) is 0 Å². The Morgan fingerprint density at radius 3 is 2.87 bits per heavy atom. The lowest BCUT2D eigenvalue weighted by atomic mass is 9.79. The van der Waals surface area contributed by atoms with E-state index in [-0.39, 0.29) is 11.5 Å². The second kappa shape index (κ2) is 6.19. The molecule has 3 rings (SSSR count). The number of aromatic nitrogens is 2. The van der Waals surface area contributed by atoms with E-state index >= 15 is 0 Å².